The van der Waals surface area contributed by atoms with Crippen molar-refractivity contribution in [1.29, 1.82) is 0 Å². The van der Waals surface area contributed by atoms with Crippen molar-refractivity contribution >= 4 is 5.69 Å². The number of anilines is 1. The van der Waals surface area contributed by atoms with Crippen LogP contribution in [0.1, 0.15) is 33.1 Å². The minimum Gasteiger partial charge on any atom is -0.494 e. The van der Waals surface area contributed by atoms with E-state index in [1.54, 1.807) is 0 Å². The van der Waals surface area contributed by atoms with Gasteiger partial charge in [-0.25, -0.2) is 0 Å². The van der Waals surface area contributed by atoms with Gasteiger partial charge in [-0.3, -0.25) is 0 Å². The molecule has 0 aliphatic rings. The van der Waals surface area contributed by atoms with Crippen molar-refractivity contribution in [1.82, 2.24) is 0 Å². The molecule has 0 aliphatic carbocycles. The Morgan fingerprint density at radius 1 is 1.18 bits per heavy atom. The molecule has 0 bridgehead atoms. The average Bonchev–Trinajstić information content (AvgIpc) is 2.31. The lowest BCUT2D eigenvalue weighted by Crippen LogP contribution is -2.11. The maximum absolute atomic E-state index is 5.64. The van der Waals surface area contributed by atoms with Crippen LogP contribution in [0, 0.1) is 0 Å². The second-order valence-corrected chi connectivity index (χ2v) is 4.24. The SMILES string of the molecule is CCC[C@H](C)OCCCOc1ccc(N)cc1. The van der Waals surface area contributed by atoms with Crippen LogP contribution in [0.4, 0.5) is 5.69 Å². The summed E-state index contributed by atoms with van der Waals surface area (Å²) in [7, 11) is 0. The van der Waals surface area contributed by atoms with Crippen molar-refractivity contribution in [3.63, 3.8) is 0 Å². The minimum absolute atomic E-state index is 0.358. The molecule has 1 atom stereocenters. The molecular formula is C14H23NO2. The van der Waals surface area contributed by atoms with Gasteiger partial charge in [0.25, 0.3) is 0 Å². The van der Waals surface area contributed by atoms with Gasteiger partial charge in [-0.2, -0.15) is 0 Å². The van der Waals surface area contributed by atoms with E-state index >= 15 is 0 Å². The first-order chi connectivity index (χ1) is 8.22. The zero-order valence-corrected chi connectivity index (χ0v) is 10.8. The lowest BCUT2D eigenvalue weighted by atomic mass is 10.2. The number of nitrogens with two attached hydrogens (primary N) is 1. The molecule has 0 spiro atoms. The maximum Gasteiger partial charge on any atom is 0.119 e. The second kappa shape index (κ2) is 7.96. The number of benzene rings is 1. The number of ether oxygens (including phenoxy) is 2. The van der Waals surface area contributed by atoms with Gasteiger partial charge in [0.1, 0.15) is 5.75 Å². The van der Waals surface area contributed by atoms with Crippen LogP contribution in [0.25, 0.3) is 0 Å². The van der Waals surface area contributed by atoms with Crippen molar-refractivity contribution in [2.24, 2.45) is 0 Å². The molecule has 0 aromatic heterocycles. The predicted molar refractivity (Wildman–Crippen MR) is 71.3 cm³/mol. The fourth-order valence-electron chi connectivity index (χ4n) is 1.59. The molecule has 96 valence electrons. The summed E-state index contributed by atoms with van der Waals surface area (Å²) in [5.74, 6) is 0.862. The molecule has 0 heterocycles. The summed E-state index contributed by atoms with van der Waals surface area (Å²) in [6, 6.07) is 7.45. The number of rotatable bonds is 8. The fraction of sp³-hybridized carbons (Fsp3) is 0.571. The first-order valence-corrected chi connectivity index (χ1v) is 6.32. The third kappa shape index (κ3) is 6.17. The van der Waals surface area contributed by atoms with Crippen LogP contribution in [-0.2, 0) is 4.74 Å². The third-order valence-electron chi connectivity index (χ3n) is 2.54. The number of hydrogen-bond acceptors (Lipinski definition) is 3. The summed E-state index contributed by atoms with van der Waals surface area (Å²) in [4.78, 5) is 0. The van der Waals surface area contributed by atoms with Crippen LogP contribution in [0.3, 0.4) is 0 Å². The monoisotopic (exact) mass is 237 g/mol. The Bertz CT molecular complexity index is 298. The van der Waals surface area contributed by atoms with E-state index in [0.717, 1.165) is 30.9 Å². The molecule has 17 heavy (non-hydrogen) atoms. The van der Waals surface area contributed by atoms with Gasteiger partial charge in [0.15, 0.2) is 0 Å². The normalized spacial score (nSPS) is 12.4. The molecule has 0 radical (unpaired) electrons. The quantitative estimate of drug-likeness (QED) is 0.557. The Hall–Kier alpha value is -1.22. The van der Waals surface area contributed by atoms with Crippen molar-refractivity contribution in [3.05, 3.63) is 24.3 Å². The van der Waals surface area contributed by atoms with Crippen molar-refractivity contribution in [3.8, 4) is 5.75 Å². The van der Waals surface area contributed by atoms with Crippen LogP contribution < -0.4 is 10.5 Å². The summed E-state index contributed by atoms with van der Waals surface area (Å²) in [5, 5.41) is 0. The highest BCUT2D eigenvalue weighted by Crippen LogP contribution is 2.13. The summed E-state index contributed by atoms with van der Waals surface area (Å²) in [5.41, 5.74) is 6.35. The largest absolute Gasteiger partial charge is 0.494 e. The molecule has 0 aliphatic heterocycles. The highest BCUT2D eigenvalue weighted by Gasteiger charge is 2.00. The zero-order chi connectivity index (χ0) is 12.5. The van der Waals surface area contributed by atoms with Crippen molar-refractivity contribution < 1.29 is 9.47 Å². The Morgan fingerprint density at radius 3 is 2.53 bits per heavy atom. The predicted octanol–water partition coefficient (Wildman–Crippen LogP) is 3.24. The first kappa shape index (κ1) is 13.8. The molecule has 1 aromatic rings. The Balaban J connectivity index is 2.06. The molecule has 0 amide bonds. The van der Waals surface area contributed by atoms with Crippen LogP contribution in [0.2, 0.25) is 0 Å². The standard InChI is InChI=1S/C14H23NO2/c1-3-5-12(2)16-10-4-11-17-14-8-6-13(15)7-9-14/h6-9,12H,3-5,10-11,15H2,1-2H3/t12-/m0/s1. The highest BCUT2D eigenvalue weighted by atomic mass is 16.5. The topological polar surface area (TPSA) is 44.5 Å². The van der Waals surface area contributed by atoms with Gasteiger partial charge >= 0.3 is 0 Å². The van der Waals surface area contributed by atoms with Gasteiger partial charge in [-0.15, -0.1) is 0 Å². The molecule has 0 saturated heterocycles. The van der Waals surface area contributed by atoms with Gasteiger partial charge in [0.05, 0.1) is 19.3 Å². The van der Waals surface area contributed by atoms with Gasteiger partial charge in [-0.05, 0) is 37.6 Å². The van der Waals surface area contributed by atoms with E-state index < -0.39 is 0 Å². The Morgan fingerprint density at radius 2 is 1.88 bits per heavy atom. The minimum atomic E-state index is 0.358. The van der Waals surface area contributed by atoms with Crippen molar-refractivity contribution in [2.45, 2.75) is 39.2 Å². The van der Waals surface area contributed by atoms with E-state index in [9.17, 15) is 0 Å². The zero-order valence-electron chi connectivity index (χ0n) is 10.8. The van der Waals surface area contributed by atoms with E-state index in [1.807, 2.05) is 24.3 Å². The molecule has 1 aromatic carbocycles. The Labute approximate surface area is 104 Å². The number of nitrogen functional groups attached to an aromatic ring is 1. The van der Waals surface area contributed by atoms with Gasteiger partial charge in [-0.1, -0.05) is 13.3 Å². The van der Waals surface area contributed by atoms with Gasteiger partial charge in [0, 0.05) is 12.1 Å². The van der Waals surface area contributed by atoms with E-state index in [4.69, 9.17) is 15.2 Å². The van der Waals surface area contributed by atoms with Crippen molar-refractivity contribution in [2.75, 3.05) is 18.9 Å². The summed E-state index contributed by atoms with van der Waals surface area (Å²) < 4.78 is 11.2. The molecule has 3 nitrogen and oxygen atoms in total. The molecular weight excluding hydrogens is 214 g/mol. The van der Waals surface area contributed by atoms with Crippen LogP contribution in [-0.4, -0.2) is 19.3 Å². The average molecular weight is 237 g/mol. The van der Waals surface area contributed by atoms with E-state index in [-0.39, 0.29) is 0 Å². The number of hydrogen-bond donors (Lipinski definition) is 1. The van der Waals surface area contributed by atoms with Crippen LogP contribution in [0.15, 0.2) is 24.3 Å². The molecule has 0 fully saturated rings. The van der Waals surface area contributed by atoms with Gasteiger partial charge < -0.3 is 15.2 Å². The van der Waals surface area contributed by atoms with Crippen LogP contribution >= 0.6 is 0 Å². The second-order valence-electron chi connectivity index (χ2n) is 4.24. The molecule has 1 rings (SSSR count). The molecule has 3 heteroatoms. The van der Waals surface area contributed by atoms with Gasteiger partial charge in [0.2, 0.25) is 0 Å². The highest BCUT2D eigenvalue weighted by molar-refractivity contribution is 5.41. The first-order valence-electron chi connectivity index (χ1n) is 6.32. The lowest BCUT2D eigenvalue weighted by Gasteiger charge is -2.12. The van der Waals surface area contributed by atoms with E-state index in [2.05, 4.69) is 13.8 Å². The summed E-state index contributed by atoms with van der Waals surface area (Å²) >= 11 is 0. The molecule has 0 saturated carbocycles. The van der Waals surface area contributed by atoms with Crippen LogP contribution in [0.5, 0.6) is 5.75 Å². The Kier molecular flexibility index (Phi) is 6.48. The molecule has 2 N–H and O–H groups in total. The maximum atomic E-state index is 5.64. The summed E-state index contributed by atoms with van der Waals surface area (Å²) in [6.07, 6.45) is 3.57. The smallest absolute Gasteiger partial charge is 0.119 e. The lowest BCUT2D eigenvalue weighted by molar-refractivity contribution is 0.0519. The van der Waals surface area contributed by atoms with E-state index in [0.29, 0.717) is 12.7 Å². The summed E-state index contributed by atoms with van der Waals surface area (Å²) in [6.45, 7) is 5.73. The van der Waals surface area contributed by atoms with E-state index in [1.165, 1.54) is 6.42 Å². The fourth-order valence-corrected chi connectivity index (χ4v) is 1.59. The molecule has 0 unspecified atom stereocenters. The third-order valence-corrected chi connectivity index (χ3v) is 2.54.